The van der Waals surface area contributed by atoms with E-state index >= 15 is 0 Å². The van der Waals surface area contributed by atoms with E-state index in [0.717, 1.165) is 30.5 Å². The molecule has 4 heterocycles. The molecule has 2 saturated heterocycles. The third kappa shape index (κ3) is 3.51. The Morgan fingerprint density at radius 3 is 2.50 bits per heavy atom. The van der Waals surface area contributed by atoms with E-state index in [1.54, 1.807) is 12.0 Å². The molecule has 1 unspecified atom stereocenters. The number of piperazine rings is 1. The topological polar surface area (TPSA) is 97.9 Å². The van der Waals surface area contributed by atoms with E-state index in [1.165, 1.54) is 4.31 Å². The summed E-state index contributed by atoms with van der Waals surface area (Å²) in [6.45, 7) is 3.03. The van der Waals surface area contributed by atoms with E-state index in [1.807, 2.05) is 7.05 Å². The zero-order valence-corrected chi connectivity index (χ0v) is 19.3. The molecule has 4 aliphatic rings. The van der Waals surface area contributed by atoms with E-state index in [2.05, 4.69) is 4.90 Å². The van der Waals surface area contributed by atoms with Crippen LogP contribution in [-0.2, 0) is 32.5 Å². The van der Waals surface area contributed by atoms with Crippen molar-refractivity contribution in [3.8, 4) is 17.2 Å². The molecule has 1 amide bonds. The fourth-order valence-electron chi connectivity index (χ4n) is 4.99. The first-order valence-electron chi connectivity index (χ1n) is 11.0. The molecule has 10 nitrogen and oxygen atoms in total. The molecule has 176 valence electrons. The number of likely N-dealkylation sites (N-methyl/N-ethyl adjacent to an activating group) is 1. The lowest BCUT2D eigenvalue weighted by atomic mass is 9.97. The van der Waals surface area contributed by atoms with Crippen LogP contribution < -0.4 is 14.2 Å². The van der Waals surface area contributed by atoms with Gasteiger partial charge in [0.15, 0.2) is 11.5 Å². The molecule has 0 aromatic heterocycles. The van der Waals surface area contributed by atoms with Crippen molar-refractivity contribution in [1.29, 1.82) is 0 Å². The molecule has 32 heavy (non-hydrogen) atoms. The Labute approximate surface area is 188 Å². The molecule has 0 aliphatic carbocycles. The van der Waals surface area contributed by atoms with Crippen LogP contribution in [0.2, 0.25) is 0 Å². The van der Waals surface area contributed by atoms with Crippen molar-refractivity contribution in [2.75, 3.05) is 60.3 Å². The summed E-state index contributed by atoms with van der Waals surface area (Å²) in [6, 6.07) is 0. The first-order chi connectivity index (χ1) is 15.4. The van der Waals surface area contributed by atoms with Gasteiger partial charge in [0.25, 0.3) is 5.91 Å². The number of rotatable bonds is 4. The van der Waals surface area contributed by atoms with Crippen LogP contribution in [0.5, 0.6) is 17.2 Å². The summed E-state index contributed by atoms with van der Waals surface area (Å²) in [6.07, 6.45) is 1.80. The minimum atomic E-state index is -3.85. The fourth-order valence-corrected chi connectivity index (χ4v) is 6.81. The van der Waals surface area contributed by atoms with Crippen molar-refractivity contribution < 1.29 is 32.2 Å². The molecule has 0 radical (unpaired) electrons. The molecule has 11 heteroatoms. The van der Waals surface area contributed by atoms with E-state index < -0.39 is 16.1 Å². The average molecular weight is 468 g/mol. The molecule has 0 bridgehead atoms. The number of carbonyl (C=O) groups excluding carboxylic acids is 1. The summed E-state index contributed by atoms with van der Waals surface area (Å²) in [7, 11) is -0.303. The molecule has 2 fully saturated rings. The summed E-state index contributed by atoms with van der Waals surface area (Å²) in [5.41, 5.74) is 1.57. The van der Waals surface area contributed by atoms with Crippen molar-refractivity contribution in [1.82, 2.24) is 14.1 Å². The number of carbonyl (C=O) groups is 1. The first kappa shape index (κ1) is 21.7. The van der Waals surface area contributed by atoms with Crippen LogP contribution in [0.25, 0.3) is 0 Å². The Morgan fingerprint density at radius 1 is 1.06 bits per heavy atom. The number of fused-ring (bicyclic) bond motifs is 2. The van der Waals surface area contributed by atoms with Crippen LogP contribution in [0.15, 0.2) is 4.90 Å². The van der Waals surface area contributed by atoms with Gasteiger partial charge in [-0.15, -0.1) is 0 Å². The molecule has 4 aliphatic heterocycles. The highest BCUT2D eigenvalue weighted by molar-refractivity contribution is 7.89. The number of hydrogen-bond acceptors (Lipinski definition) is 8. The summed E-state index contributed by atoms with van der Waals surface area (Å²) in [5, 5.41) is 0. The van der Waals surface area contributed by atoms with E-state index in [9.17, 15) is 13.2 Å². The third-order valence-corrected chi connectivity index (χ3v) is 8.66. The number of ether oxygens (including phenoxy) is 4. The maximum absolute atomic E-state index is 13.8. The summed E-state index contributed by atoms with van der Waals surface area (Å²) in [5.74, 6) is 1.10. The molecule has 5 rings (SSSR count). The standard InChI is InChI=1S/C21H29N3O7S/c1-22-6-5-14-15(12-22)17(28-2)18-19(31-13-30-18)20(14)32(26,27)24-9-7-23(8-10-24)21(25)16-4-3-11-29-16/h16H,3-13H2,1-2H3. The van der Waals surface area contributed by atoms with Gasteiger partial charge in [0.2, 0.25) is 22.6 Å². The Hall–Kier alpha value is -2.08. The highest BCUT2D eigenvalue weighted by Crippen LogP contribution is 2.51. The van der Waals surface area contributed by atoms with Gasteiger partial charge in [0, 0.05) is 51.4 Å². The minimum Gasteiger partial charge on any atom is -0.492 e. The predicted molar refractivity (Wildman–Crippen MR) is 113 cm³/mol. The van der Waals surface area contributed by atoms with E-state index in [-0.39, 0.29) is 36.4 Å². The maximum atomic E-state index is 13.8. The normalized spacial score (nSPS) is 23.9. The summed E-state index contributed by atoms with van der Waals surface area (Å²) < 4.78 is 51.6. The van der Waals surface area contributed by atoms with Gasteiger partial charge in [-0.3, -0.25) is 4.79 Å². The van der Waals surface area contributed by atoms with Gasteiger partial charge < -0.3 is 28.7 Å². The molecule has 1 atom stereocenters. The second kappa shape index (κ2) is 8.36. The smallest absolute Gasteiger partial charge is 0.251 e. The van der Waals surface area contributed by atoms with Gasteiger partial charge in [0.05, 0.1) is 7.11 Å². The Bertz CT molecular complexity index is 1010. The third-order valence-electron chi connectivity index (χ3n) is 6.67. The van der Waals surface area contributed by atoms with Gasteiger partial charge in [-0.05, 0) is 31.9 Å². The summed E-state index contributed by atoms with van der Waals surface area (Å²) >= 11 is 0. The zero-order valence-electron chi connectivity index (χ0n) is 18.5. The van der Waals surface area contributed by atoms with Gasteiger partial charge in [0.1, 0.15) is 11.0 Å². The van der Waals surface area contributed by atoms with Gasteiger partial charge in [-0.25, -0.2) is 8.42 Å². The predicted octanol–water partition coefficient (Wildman–Crippen LogP) is 0.424. The fraction of sp³-hybridized carbons (Fsp3) is 0.667. The lowest BCUT2D eigenvalue weighted by Gasteiger charge is -2.36. The number of amides is 1. The van der Waals surface area contributed by atoms with E-state index in [4.69, 9.17) is 18.9 Å². The van der Waals surface area contributed by atoms with Crippen molar-refractivity contribution in [3.05, 3.63) is 11.1 Å². The molecule has 1 aromatic carbocycles. The highest BCUT2D eigenvalue weighted by Gasteiger charge is 2.41. The largest absolute Gasteiger partial charge is 0.492 e. The van der Waals surface area contributed by atoms with Gasteiger partial charge in [-0.2, -0.15) is 4.31 Å². The lowest BCUT2D eigenvalue weighted by Crippen LogP contribution is -2.52. The van der Waals surface area contributed by atoms with Crippen LogP contribution in [0.1, 0.15) is 24.0 Å². The van der Waals surface area contributed by atoms with Crippen LogP contribution in [0, 0.1) is 0 Å². The number of benzene rings is 1. The Balaban J connectivity index is 1.45. The Morgan fingerprint density at radius 2 is 1.81 bits per heavy atom. The molecular weight excluding hydrogens is 438 g/mol. The van der Waals surface area contributed by atoms with Crippen molar-refractivity contribution in [2.24, 2.45) is 0 Å². The zero-order chi connectivity index (χ0) is 22.5. The van der Waals surface area contributed by atoms with Crippen molar-refractivity contribution in [3.63, 3.8) is 0 Å². The molecular formula is C21H29N3O7S. The number of nitrogens with zero attached hydrogens (tertiary/aromatic N) is 3. The quantitative estimate of drug-likeness (QED) is 0.629. The molecule has 1 aromatic rings. The average Bonchev–Trinajstić information content (AvgIpc) is 3.49. The minimum absolute atomic E-state index is 0.0398. The van der Waals surface area contributed by atoms with Crippen LogP contribution in [-0.4, -0.2) is 94.8 Å². The first-order valence-corrected chi connectivity index (χ1v) is 12.5. The van der Waals surface area contributed by atoms with Gasteiger partial charge >= 0.3 is 0 Å². The monoisotopic (exact) mass is 467 g/mol. The Kier molecular flexibility index (Phi) is 5.68. The number of methoxy groups -OCH3 is 1. The molecule has 0 spiro atoms. The highest BCUT2D eigenvalue weighted by atomic mass is 32.2. The van der Waals surface area contributed by atoms with Crippen LogP contribution in [0.3, 0.4) is 0 Å². The van der Waals surface area contributed by atoms with E-state index in [0.29, 0.717) is 44.2 Å². The SMILES string of the molecule is COc1c2c(c(S(=O)(=O)N3CCN(C(=O)C4CCCO4)CC3)c3c1OCO3)CCN(C)C2. The summed E-state index contributed by atoms with van der Waals surface area (Å²) in [4.78, 5) is 16.7. The second-order valence-electron chi connectivity index (χ2n) is 8.60. The second-order valence-corrected chi connectivity index (χ2v) is 10.5. The van der Waals surface area contributed by atoms with Crippen molar-refractivity contribution in [2.45, 2.75) is 36.8 Å². The van der Waals surface area contributed by atoms with Gasteiger partial charge in [-0.1, -0.05) is 0 Å². The molecule has 0 N–H and O–H groups in total. The van der Waals surface area contributed by atoms with Crippen LogP contribution >= 0.6 is 0 Å². The van der Waals surface area contributed by atoms with Crippen molar-refractivity contribution >= 4 is 15.9 Å². The number of sulfonamides is 1. The number of hydrogen-bond donors (Lipinski definition) is 0. The lowest BCUT2D eigenvalue weighted by molar-refractivity contribution is -0.142. The maximum Gasteiger partial charge on any atom is 0.251 e. The molecule has 0 saturated carbocycles. The van der Waals surface area contributed by atoms with Crippen LogP contribution in [0.4, 0.5) is 0 Å².